The van der Waals surface area contributed by atoms with E-state index in [0.29, 0.717) is 18.5 Å². The molecule has 0 saturated carbocycles. The number of hydrogen-bond donors (Lipinski definition) is 1. The summed E-state index contributed by atoms with van der Waals surface area (Å²) in [4.78, 5) is 49.1. The fourth-order valence-corrected chi connectivity index (χ4v) is 6.84. The van der Waals surface area contributed by atoms with Gasteiger partial charge >= 0.3 is 0 Å². The Morgan fingerprint density at radius 3 is 2.59 bits per heavy atom. The first kappa shape index (κ1) is 27.7. The van der Waals surface area contributed by atoms with Crippen molar-refractivity contribution in [3.63, 3.8) is 0 Å². The number of carbonyl (C=O) groups is 3. The van der Waals surface area contributed by atoms with Crippen LogP contribution in [0.2, 0.25) is 0 Å². The van der Waals surface area contributed by atoms with Gasteiger partial charge in [0.2, 0.25) is 5.91 Å². The zero-order valence-electron chi connectivity index (χ0n) is 22.3. The maximum Gasteiger partial charge on any atom is 0.255 e. The van der Waals surface area contributed by atoms with Crippen LogP contribution >= 0.6 is 27.3 Å². The molecule has 3 aromatic rings. The number of β-amino-alcohol motifs (C(OH)–C–C–N with tert-alkyl or cyclic N) is 1. The molecule has 2 amide bonds. The van der Waals surface area contributed by atoms with E-state index in [0.717, 1.165) is 31.7 Å². The van der Waals surface area contributed by atoms with Crippen molar-refractivity contribution in [3.05, 3.63) is 74.8 Å². The molecule has 5 rings (SSSR count). The minimum absolute atomic E-state index is 0.0650. The number of Topliss-reactive ketones (excluding diaryl/α,β-unsaturated/α-hetero) is 1. The standard InChI is InChI=1S/C30H32BrN3O4S/c1-17(2)27(34-14-21-9-10-22(31)12-24(21)29(34)37)30(38)33-15-23(35)13-25(33)26(36)11-6-19-4-7-20(8-5-19)28-18(3)32-16-39-28/h4-5,7-10,12,16-17,23,25,27,35H,6,11,13-15H2,1-3H3/t23-,25+,27+/m1/s1. The van der Waals surface area contributed by atoms with E-state index in [9.17, 15) is 19.5 Å². The van der Waals surface area contributed by atoms with Gasteiger partial charge in [-0.25, -0.2) is 4.98 Å². The highest BCUT2D eigenvalue weighted by molar-refractivity contribution is 9.10. The summed E-state index contributed by atoms with van der Waals surface area (Å²) in [6.45, 7) is 6.26. The molecule has 0 spiro atoms. The molecule has 1 aromatic heterocycles. The third-order valence-corrected chi connectivity index (χ3v) is 9.15. The lowest BCUT2D eigenvalue weighted by Crippen LogP contribution is -2.54. The van der Waals surface area contributed by atoms with E-state index in [1.807, 2.05) is 62.7 Å². The number of fused-ring (bicyclic) bond motifs is 1. The van der Waals surface area contributed by atoms with Crippen molar-refractivity contribution in [3.8, 4) is 10.4 Å². The number of amides is 2. The van der Waals surface area contributed by atoms with Crippen LogP contribution in [0.4, 0.5) is 0 Å². The van der Waals surface area contributed by atoms with Crippen LogP contribution in [0.1, 0.15) is 53.9 Å². The van der Waals surface area contributed by atoms with E-state index in [1.165, 1.54) is 4.90 Å². The van der Waals surface area contributed by atoms with Gasteiger partial charge in [0.25, 0.3) is 5.91 Å². The molecule has 204 valence electrons. The van der Waals surface area contributed by atoms with Gasteiger partial charge in [0.1, 0.15) is 6.04 Å². The molecule has 0 aliphatic carbocycles. The van der Waals surface area contributed by atoms with Gasteiger partial charge in [0.05, 0.1) is 28.2 Å². The van der Waals surface area contributed by atoms with Gasteiger partial charge in [-0.15, -0.1) is 11.3 Å². The number of likely N-dealkylation sites (tertiary alicyclic amines) is 1. The summed E-state index contributed by atoms with van der Waals surface area (Å²) >= 11 is 5.03. The van der Waals surface area contributed by atoms with E-state index in [4.69, 9.17) is 0 Å². The molecule has 9 heteroatoms. The number of thiazole rings is 1. The smallest absolute Gasteiger partial charge is 0.255 e. The van der Waals surface area contributed by atoms with Crippen LogP contribution in [0.15, 0.2) is 52.4 Å². The van der Waals surface area contributed by atoms with Gasteiger partial charge in [-0.3, -0.25) is 14.4 Å². The second-order valence-electron chi connectivity index (χ2n) is 10.7. The van der Waals surface area contributed by atoms with Crippen molar-refractivity contribution in [2.24, 2.45) is 5.92 Å². The highest BCUT2D eigenvalue weighted by Crippen LogP contribution is 2.32. The summed E-state index contributed by atoms with van der Waals surface area (Å²) in [5, 5.41) is 10.5. The Hall–Kier alpha value is -2.88. The monoisotopic (exact) mass is 609 g/mol. The zero-order valence-corrected chi connectivity index (χ0v) is 24.7. The van der Waals surface area contributed by atoms with Gasteiger partial charge in [-0.05, 0) is 48.1 Å². The average molecular weight is 611 g/mol. The van der Waals surface area contributed by atoms with Gasteiger partial charge < -0.3 is 14.9 Å². The van der Waals surface area contributed by atoms with Gasteiger partial charge in [-0.1, -0.05) is 60.1 Å². The lowest BCUT2D eigenvalue weighted by molar-refractivity contribution is -0.142. The molecule has 3 atom stereocenters. The summed E-state index contributed by atoms with van der Waals surface area (Å²) in [6, 6.07) is 12.3. The quantitative estimate of drug-likeness (QED) is 0.387. The Kier molecular flexibility index (Phi) is 8.03. The van der Waals surface area contributed by atoms with E-state index < -0.39 is 18.2 Å². The third kappa shape index (κ3) is 5.58. The number of halogens is 1. The number of ketones is 1. The minimum Gasteiger partial charge on any atom is -0.391 e. The lowest BCUT2D eigenvalue weighted by atomic mass is 9.98. The van der Waals surface area contributed by atoms with Crippen molar-refractivity contribution < 1.29 is 19.5 Å². The lowest BCUT2D eigenvalue weighted by Gasteiger charge is -2.35. The highest BCUT2D eigenvalue weighted by atomic mass is 79.9. The number of nitrogens with zero attached hydrogens (tertiary/aromatic N) is 3. The Morgan fingerprint density at radius 1 is 1.18 bits per heavy atom. The topological polar surface area (TPSA) is 90.8 Å². The Labute approximate surface area is 241 Å². The number of aryl methyl sites for hydroxylation is 2. The zero-order chi connectivity index (χ0) is 27.8. The van der Waals surface area contributed by atoms with Crippen LogP contribution in [-0.4, -0.2) is 62.2 Å². The second-order valence-corrected chi connectivity index (χ2v) is 12.5. The van der Waals surface area contributed by atoms with Crippen molar-refractivity contribution in [1.29, 1.82) is 0 Å². The van der Waals surface area contributed by atoms with Gasteiger partial charge in [0.15, 0.2) is 5.78 Å². The summed E-state index contributed by atoms with van der Waals surface area (Å²) in [5.41, 5.74) is 6.45. The molecule has 39 heavy (non-hydrogen) atoms. The summed E-state index contributed by atoms with van der Waals surface area (Å²) in [5.74, 6) is -0.680. The Balaban J connectivity index is 1.28. The van der Waals surface area contributed by atoms with E-state index in [2.05, 4.69) is 20.9 Å². The molecule has 7 nitrogen and oxygen atoms in total. The van der Waals surface area contributed by atoms with Crippen LogP contribution in [0.25, 0.3) is 10.4 Å². The van der Waals surface area contributed by atoms with Gasteiger partial charge in [-0.2, -0.15) is 0 Å². The van der Waals surface area contributed by atoms with E-state index in [-0.39, 0.29) is 42.9 Å². The van der Waals surface area contributed by atoms with Gasteiger partial charge in [0, 0.05) is 36.0 Å². The first-order chi connectivity index (χ1) is 18.6. The van der Waals surface area contributed by atoms with Crippen LogP contribution < -0.4 is 0 Å². The SMILES string of the molecule is Cc1ncsc1-c1ccc(CCC(=O)[C@@H]2C[C@@H](O)CN2C(=O)[C@H](C(C)C)N2Cc3ccc(Br)cc3C2=O)cc1. The number of hydrogen-bond acceptors (Lipinski definition) is 6. The predicted molar refractivity (Wildman–Crippen MR) is 154 cm³/mol. The van der Waals surface area contributed by atoms with Crippen molar-refractivity contribution in [2.45, 2.75) is 64.8 Å². The number of rotatable bonds is 8. The molecule has 2 aliphatic rings. The van der Waals surface area contributed by atoms with Crippen molar-refractivity contribution in [1.82, 2.24) is 14.8 Å². The fraction of sp³-hybridized carbons (Fsp3) is 0.400. The number of benzene rings is 2. The first-order valence-electron chi connectivity index (χ1n) is 13.2. The Bertz CT molecular complexity index is 1400. The first-order valence-corrected chi connectivity index (χ1v) is 14.9. The van der Waals surface area contributed by atoms with Crippen molar-refractivity contribution in [2.75, 3.05) is 6.54 Å². The minimum atomic E-state index is -0.764. The molecule has 2 aliphatic heterocycles. The van der Waals surface area contributed by atoms with Crippen molar-refractivity contribution >= 4 is 44.9 Å². The molecule has 1 saturated heterocycles. The van der Waals surface area contributed by atoms with E-state index >= 15 is 0 Å². The van der Waals surface area contributed by atoms with Crippen LogP contribution in [0.5, 0.6) is 0 Å². The molecular weight excluding hydrogens is 578 g/mol. The van der Waals surface area contributed by atoms with Crippen LogP contribution in [0, 0.1) is 12.8 Å². The molecular formula is C30H32BrN3O4S. The maximum atomic E-state index is 13.9. The molecule has 0 unspecified atom stereocenters. The number of carbonyl (C=O) groups excluding carboxylic acids is 3. The molecule has 0 bridgehead atoms. The average Bonchev–Trinajstić information content (AvgIpc) is 3.60. The Morgan fingerprint density at radius 2 is 1.92 bits per heavy atom. The maximum absolute atomic E-state index is 13.9. The predicted octanol–water partition coefficient (Wildman–Crippen LogP) is 5.03. The molecule has 2 aromatic carbocycles. The number of aliphatic hydroxyl groups excluding tert-OH is 1. The highest BCUT2D eigenvalue weighted by Gasteiger charge is 2.45. The summed E-state index contributed by atoms with van der Waals surface area (Å²) in [7, 11) is 0. The molecule has 1 N–H and O–H groups in total. The number of aliphatic hydroxyl groups is 1. The molecule has 3 heterocycles. The second kappa shape index (κ2) is 11.3. The molecule has 1 fully saturated rings. The largest absolute Gasteiger partial charge is 0.391 e. The summed E-state index contributed by atoms with van der Waals surface area (Å²) < 4.78 is 0.811. The fourth-order valence-electron chi connectivity index (χ4n) is 5.67. The number of aromatic nitrogens is 1. The van der Waals surface area contributed by atoms with Crippen LogP contribution in [-0.2, 0) is 22.6 Å². The third-order valence-electron chi connectivity index (χ3n) is 7.68. The van der Waals surface area contributed by atoms with E-state index in [1.54, 1.807) is 22.3 Å². The molecule has 0 radical (unpaired) electrons. The normalized spacial score (nSPS) is 19.6. The van der Waals surface area contributed by atoms with Crippen LogP contribution in [0.3, 0.4) is 0 Å². The summed E-state index contributed by atoms with van der Waals surface area (Å²) in [6.07, 6.45) is 0.284.